The van der Waals surface area contributed by atoms with Crippen molar-refractivity contribution in [2.24, 2.45) is 0 Å². The van der Waals surface area contributed by atoms with Crippen molar-refractivity contribution >= 4 is 11.4 Å². The van der Waals surface area contributed by atoms with Crippen molar-refractivity contribution < 1.29 is 4.74 Å². The van der Waals surface area contributed by atoms with Gasteiger partial charge in [0.15, 0.2) is 0 Å². The summed E-state index contributed by atoms with van der Waals surface area (Å²) in [5, 5.41) is 0. The van der Waals surface area contributed by atoms with Crippen LogP contribution in [0.1, 0.15) is 12.5 Å². The number of methoxy groups -OCH3 is 1. The van der Waals surface area contributed by atoms with Crippen molar-refractivity contribution in [2.75, 3.05) is 18.6 Å². The molecule has 0 saturated heterocycles. The monoisotopic (exact) mass is 180 g/mol. The summed E-state index contributed by atoms with van der Waals surface area (Å²) >= 11 is 0. The minimum Gasteiger partial charge on any atom is -0.397 e. The maximum Gasteiger partial charge on any atom is 0.0584 e. The van der Waals surface area contributed by atoms with Gasteiger partial charge in [-0.15, -0.1) is 0 Å². The molecule has 0 heterocycles. The molecule has 0 radical (unpaired) electrons. The van der Waals surface area contributed by atoms with Crippen LogP contribution < -0.4 is 11.5 Å². The van der Waals surface area contributed by atoms with Gasteiger partial charge in [0, 0.05) is 13.5 Å². The van der Waals surface area contributed by atoms with E-state index in [9.17, 15) is 0 Å². The lowest BCUT2D eigenvalue weighted by molar-refractivity contribution is 0.119. The fourth-order valence-electron chi connectivity index (χ4n) is 1.20. The quantitative estimate of drug-likeness (QED) is 0.692. The molecule has 1 atom stereocenters. The molecule has 13 heavy (non-hydrogen) atoms. The van der Waals surface area contributed by atoms with Crippen LogP contribution in [0, 0.1) is 0 Å². The summed E-state index contributed by atoms with van der Waals surface area (Å²) in [4.78, 5) is 0. The van der Waals surface area contributed by atoms with Crippen molar-refractivity contribution in [3.05, 3.63) is 23.8 Å². The molecule has 1 rings (SSSR count). The van der Waals surface area contributed by atoms with E-state index in [2.05, 4.69) is 0 Å². The van der Waals surface area contributed by atoms with Crippen molar-refractivity contribution in [1.29, 1.82) is 0 Å². The Bertz CT molecular complexity index is 286. The molecule has 0 fully saturated rings. The second kappa shape index (κ2) is 4.14. The standard InChI is InChI=1S/C10H16N2O/c1-7(13-2)6-8-4-3-5-9(11)10(8)12/h3-5,7H,6,11-12H2,1-2H3. The average Bonchev–Trinajstić information content (AvgIpc) is 2.13. The minimum absolute atomic E-state index is 0.170. The third-order valence-electron chi connectivity index (χ3n) is 2.14. The molecule has 72 valence electrons. The van der Waals surface area contributed by atoms with E-state index in [0.717, 1.165) is 12.0 Å². The first-order valence-electron chi connectivity index (χ1n) is 4.30. The Balaban J connectivity index is 2.83. The highest BCUT2D eigenvalue weighted by Gasteiger charge is 2.06. The van der Waals surface area contributed by atoms with Crippen LogP contribution in [0.25, 0.3) is 0 Å². The number of anilines is 2. The van der Waals surface area contributed by atoms with E-state index < -0.39 is 0 Å². The molecular formula is C10H16N2O. The van der Waals surface area contributed by atoms with Gasteiger partial charge in [-0.1, -0.05) is 12.1 Å². The molecule has 3 heteroatoms. The Morgan fingerprint density at radius 1 is 1.38 bits per heavy atom. The van der Waals surface area contributed by atoms with E-state index in [4.69, 9.17) is 16.2 Å². The number of nitrogens with two attached hydrogens (primary N) is 2. The molecule has 0 saturated carbocycles. The molecule has 1 aromatic rings. The molecule has 0 spiro atoms. The second-order valence-corrected chi connectivity index (χ2v) is 3.17. The summed E-state index contributed by atoms with van der Waals surface area (Å²) in [6.45, 7) is 2.00. The van der Waals surface area contributed by atoms with Crippen LogP contribution in [-0.2, 0) is 11.2 Å². The van der Waals surface area contributed by atoms with Gasteiger partial charge in [0.1, 0.15) is 0 Å². The fraction of sp³-hybridized carbons (Fsp3) is 0.400. The average molecular weight is 180 g/mol. The zero-order valence-corrected chi connectivity index (χ0v) is 8.08. The van der Waals surface area contributed by atoms with E-state index in [1.807, 2.05) is 19.1 Å². The first-order valence-corrected chi connectivity index (χ1v) is 4.30. The zero-order valence-electron chi connectivity index (χ0n) is 8.08. The maximum absolute atomic E-state index is 5.81. The van der Waals surface area contributed by atoms with Gasteiger partial charge in [0.05, 0.1) is 17.5 Å². The number of benzene rings is 1. The summed E-state index contributed by atoms with van der Waals surface area (Å²) in [5.74, 6) is 0. The Hall–Kier alpha value is -1.22. The molecule has 0 bridgehead atoms. The minimum atomic E-state index is 0.170. The Labute approximate surface area is 78.7 Å². The van der Waals surface area contributed by atoms with E-state index in [1.165, 1.54) is 0 Å². The molecule has 0 aliphatic heterocycles. The Morgan fingerprint density at radius 3 is 2.69 bits per heavy atom. The van der Waals surface area contributed by atoms with Gasteiger partial charge < -0.3 is 16.2 Å². The van der Waals surface area contributed by atoms with Gasteiger partial charge in [-0.25, -0.2) is 0 Å². The van der Waals surface area contributed by atoms with Crippen LogP contribution in [0.15, 0.2) is 18.2 Å². The number of nitrogen functional groups attached to an aromatic ring is 2. The van der Waals surface area contributed by atoms with Crippen molar-refractivity contribution in [3.8, 4) is 0 Å². The van der Waals surface area contributed by atoms with Gasteiger partial charge >= 0.3 is 0 Å². The Morgan fingerprint density at radius 2 is 2.08 bits per heavy atom. The van der Waals surface area contributed by atoms with Crippen LogP contribution >= 0.6 is 0 Å². The number of rotatable bonds is 3. The molecule has 4 N–H and O–H groups in total. The van der Waals surface area contributed by atoms with Crippen molar-refractivity contribution in [1.82, 2.24) is 0 Å². The lowest BCUT2D eigenvalue weighted by atomic mass is 10.1. The van der Waals surface area contributed by atoms with Crippen LogP contribution in [-0.4, -0.2) is 13.2 Å². The number of para-hydroxylation sites is 1. The zero-order chi connectivity index (χ0) is 9.84. The highest BCUT2D eigenvalue weighted by molar-refractivity contribution is 5.67. The van der Waals surface area contributed by atoms with Gasteiger partial charge in [-0.05, 0) is 18.6 Å². The highest BCUT2D eigenvalue weighted by atomic mass is 16.5. The maximum atomic E-state index is 5.81. The normalized spacial score (nSPS) is 12.8. The lowest BCUT2D eigenvalue weighted by Crippen LogP contribution is -2.11. The van der Waals surface area contributed by atoms with Crippen LogP contribution in [0.5, 0.6) is 0 Å². The molecule has 0 amide bonds. The number of ether oxygens (including phenoxy) is 1. The number of hydrogen-bond acceptors (Lipinski definition) is 3. The summed E-state index contributed by atoms with van der Waals surface area (Å²) in [7, 11) is 1.69. The van der Waals surface area contributed by atoms with Crippen LogP contribution in [0.2, 0.25) is 0 Å². The van der Waals surface area contributed by atoms with Crippen LogP contribution in [0.3, 0.4) is 0 Å². The summed E-state index contributed by atoms with van der Waals surface area (Å²) in [5.41, 5.74) is 13.8. The topological polar surface area (TPSA) is 61.3 Å². The molecular weight excluding hydrogens is 164 g/mol. The third kappa shape index (κ3) is 2.36. The van der Waals surface area contributed by atoms with Crippen molar-refractivity contribution in [2.45, 2.75) is 19.4 Å². The van der Waals surface area contributed by atoms with Gasteiger partial charge in [-0.3, -0.25) is 0 Å². The molecule has 0 aliphatic carbocycles. The van der Waals surface area contributed by atoms with Crippen molar-refractivity contribution in [3.63, 3.8) is 0 Å². The summed E-state index contributed by atoms with van der Waals surface area (Å²) in [6, 6.07) is 5.68. The third-order valence-corrected chi connectivity index (χ3v) is 2.14. The van der Waals surface area contributed by atoms with Gasteiger partial charge in [0.2, 0.25) is 0 Å². The van der Waals surface area contributed by atoms with Gasteiger partial charge in [0.25, 0.3) is 0 Å². The van der Waals surface area contributed by atoms with E-state index in [1.54, 1.807) is 13.2 Å². The van der Waals surface area contributed by atoms with E-state index in [0.29, 0.717) is 11.4 Å². The molecule has 1 unspecified atom stereocenters. The van der Waals surface area contributed by atoms with Crippen LogP contribution in [0.4, 0.5) is 11.4 Å². The SMILES string of the molecule is COC(C)Cc1cccc(N)c1N. The fourth-order valence-corrected chi connectivity index (χ4v) is 1.20. The largest absolute Gasteiger partial charge is 0.397 e. The summed E-state index contributed by atoms with van der Waals surface area (Å²) in [6.07, 6.45) is 0.969. The molecule has 3 nitrogen and oxygen atoms in total. The molecule has 0 aromatic heterocycles. The second-order valence-electron chi connectivity index (χ2n) is 3.17. The van der Waals surface area contributed by atoms with E-state index in [-0.39, 0.29) is 6.10 Å². The Kier molecular flexibility index (Phi) is 3.14. The highest BCUT2D eigenvalue weighted by Crippen LogP contribution is 2.20. The predicted molar refractivity (Wildman–Crippen MR) is 55.4 cm³/mol. The molecule has 1 aromatic carbocycles. The van der Waals surface area contributed by atoms with E-state index >= 15 is 0 Å². The number of hydrogen-bond donors (Lipinski definition) is 2. The lowest BCUT2D eigenvalue weighted by Gasteiger charge is -2.12. The first kappa shape index (κ1) is 9.86. The summed E-state index contributed by atoms with van der Waals surface area (Å²) < 4.78 is 5.15. The smallest absolute Gasteiger partial charge is 0.0584 e. The predicted octanol–water partition coefficient (Wildman–Crippen LogP) is 1.43. The first-order chi connectivity index (χ1) is 6.15. The van der Waals surface area contributed by atoms with Gasteiger partial charge in [-0.2, -0.15) is 0 Å². The molecule has 0 aliphatic rings.